The number of allylic oxidation sites excluding steroid dienone is 1. The SMILES string of the molecule is CN1C(=O)[C@H]2c3c1cccc3[C@]1(O)C=CC[C@@H]([C@@H]1O)C2(C)C.ClCCl. The molecule has 0 aromatic heterocycles. The molecule has 1 amide bonds. The summed E-state index contributed by atoms with van der Waals surface area (Å²) >= 11 is 9.53. The largest absolute Gasteiger partial charge is 0.389 e. The predicted octanol–water partition coefficient (Wildman–Crippen LogP) is 3.33. The van der Waals surface area contributed by atoms with E-state index in [1.54, 1.807) is 18.0 Å². The van der Waals surface area contributed by atoms with Crippen LogP contribution in [0.1, 0.15) is 37.3 Å². The summed E-state index contributed by atoms with van der Waals surface area (Å²) in [7, 11) is 1.79. The lowest BCUT2D eigenvalue weighted by molar-refractivity contribution is -0.127. The summed E-state index contributed by atoms with van der Waals surface area (Å²) in [6.45, 7) is 4.07. The summed E-state index contributed by atoms with van der Waals surface area (Å²) < 4.78 is 0. The lowest BCUT2D eigenvalue weighted by Crippen LogP contribution is -2.49. The van der Waals surface area contributed by atoms with E-state index in [0.717, 1.165) is 11.3 Å². The van der Waals surface area contributed by atoms with Crippen LogP contribution in [0.3, 0.4) is 0 Å². The molecule has 1 aromatic carbocycles. The molecule has 1 aliphatic heterocycles. The van der Waals surface area contributed by atoms with Crippen LogP contribution in [0, 0.1) is 11.3 Å². The maximum Gasteiger partial charge on any atom is 0.234 e. The van der Waals surface area contributed by atoms with Crippen LogP contribution >= 0.6 is 23.2 Å². The van der Waals surface area contributed by atoms with Gasteiger partial charge in [-0.15, -0.1) is 23.2 Å². The molecule has 6 heteroatoms. The summed E-state index contributed by atoms with van der Waals surface area (Å²) in [6.07, 6.45) is 3.41. The summed E-state index contributed by atoms with van der Waals surface area (Å²) in [5, 5.41) is 22.3. The van der Waals surface area contributed by atoms with E-state index in [9.17, 15) is 15.0 Å². The second-order valence-corrected chi connectivity index (χ2v) is 8.31. The molecule has 1 heterocycles. The third-order valence-corrected chi connectivity index (χ3v) is 6.04. The van der Waals surface area contributed by atoms with Crippen molar-refractivity contribution in [2.75, 3.05) is 17.3 Å². The molecule has 0 unspecified atom stereocenters. The average molecular weight is 384 g/mol. The van der Waals surface area contributed by atoms with Gasteiger partial charge in [0.1, 0.15) is 5.60 Å². The number of aliphatic hydroxyl groups excluding tert-OH is 1. The van der Waals surface area contributed by atoms with Gasteiger partial charge in [-0.1, -0.05) is 32.1 Å². The lowest BCUT2D eigenvalue weighted by Gasteiger charge is -2.44. The number of halogens is 2. The Labute approximate surface area is 158 Å². The Morgan fingerprint density at radius 3 is 2.60 bits per heavy atom. The molecular formula is C19H23Cl2NO3. The standard InChI is InChI=1S/C18H21NO3.CH2Cl2/c1-17(2)11-7-5-9-18(22,15(11)20)10-6-4-8-12-13(10)14(17)16(21)19(12)3;2-1-3/h4-6,8-9,11,14-15,20,22H,7H2,1-3H3;1H2/t11-,14+,15-,18+;/m0./s1. The number of hydrogen-bond acceptors (Lipinski definition) is 3. The van der Waals surface area contributed by atoms with Gasteiger partial charge < -0.3 is 15.1 Å². The van der Waals surface area contributed by atoms with Crippen LogP contribution in [-0.4, -0.2) is 34.6 Å². The van der Waals surface area contributed by atoms with Gasteiger partial charge in [0.05, 0.1) is 17.4 Å². The van der Waals surface area contributed by atoms with Gasteiger partial charge in [-0.25, -0.2) is 0 Å². The number of amides is 1. The normalized spacial score (nSPS) is 34.1. The molecule has 2 bridgehead atoms. The molecule has 4 rings (SSSR count). The first-order valence-corrected chi connectivity index (χ1v) is 9.39. The van der Waals surface area contributed by atoms with Crippen molar-refractivity contribution in [3.05, 3.63) is 41.5 Å². The predicted molar refractivity (Wildman–Crippen MR) is 100 cm³/mol. The third-order valence-electron chi connectivity index (χ3n) is 6.04. The van der Waals surface area contributed by atoms with E-state index < -0.39 is 17.1 Å². The van der Waals surface area contributed by atoms with Crippen molar-refractivity contribution in [1.82, 2.24) is 0 Å². The van der Waals surface area contributed by atoms with Gasteiger partial charge in [0.25, 0.3) is 0 Å². The topological polar surface area (TPSA) is 60.8 Å². The molecule has 4 nitrogen and oxygen atoms in total. The maximum absolute atomic E-state index is 12.9. The van der Waals surface area contributed by atoms with Gasteiger partial charge in [-0.2, -0.15) is 0 Å². The summed E-state index contributed by atoms with van der Waals surface area (Å²) in [6, 6.07) is 5.61. The van der Waals surface area contributed by atoms with Crippen LogP contribution in [0.4, 0.5) is 5.69 Å². The van der Waals surface area contributed by atoms with E-state index in [0.29, 0.717) is 12.0 Å². The van der Waals surface area contributed by atoms with Gasteiger partial charge >= 0.3 is 0 Å². The quantitative estimate of drug-likeness (QED) is 0.533. The first-order chi connectivity index (χ1) is 11.7. The first-order valence-electron chi connectivity index (χ1n) is 8.32. The van der Waals surface area contributed by atoms with Gasteiger partial charge in [0.15, 0.2) is 0 Å². The minimum atomic E-state index is -1.41. The number of aliphatic hydroxyl groups is 2. The minimum absolute atomic E-state index is 0.0517. The molecule has 2 aliphatic carbocycles. The van der Waals surface area contributed by atoms with Crippen molar-refractivity contribution in [2.24, 2.45) is 11.3 Å². The van der Waals surface area contributed by atoms with E-state index in [1.807, 2.05) is 38.1 Å². The Morgan fingerprint density at radius 2 is 1.96 bits per heavy atom. The number of fused-ring (bicyclic) bond motifs is 3. The van der Waals surface area contributed by atoms with E-state index in [4.69, 9.17) is 23.2 Å². The smallest absolute Gasteiger partial charge is 0.234 e. The van der Waals surface area contributed by atoms with Crippen molar-refractivity contribution in [3.63, 3.8) is 0 Å². The highest BCUT2D eigenvalue weighted by Crippen LogP contribution is 2.59. The monoisotopic (exact) mass is 383 g/mol. The van der Waals surface area contributed by atoms with Crippen LogP contribution in [-0.2, 0) is 10.4 Å². The van der Waals surface area contributed by atoms with Gasteiger partial charge in [0, 0.05) is 12.7 Å². The average Bonchev–Trinajstić information content (AvgIpc) is 2.81. The summed E-state index contributed by atoms with van der Waals surface area (Å²) in [5.41, 5.74) is 0.567. The molecule has 0 saturated carbocycles. The number of hydrogen-bond donors (Lipinski definition) is 2. The van der Waals surface area contributed by atoms with E-state index in [1.165, 1.54) is 0 Å². The molecule has 0 radical (unpaired) electrons. The molecule has 0 saturated heterocycles. The molecule has 136 valence electrons. The maximum atomic E-state index is 12.9. The zero-order chi connectivity index (χ0) is 18.6. The number of alkyl halides is 2. The number of likely N-dealkylation sites (N-methyl/N-ethyl adjacent to an activating group) is 1. The fraction of sp³-hybridized carbons (Fsp3) is 0.526. The Morgan fingerprint density at radius 1 is 1.32 bits per heavy atom. The fourth-order valence-electron chi connectivity index (χ4n) is 4.73. The number of nitrogens with zero attached hydrogens (tertiary/aromatic N) is 1. The zero-order valence-corrected chi connectivity index (χ0v) is 16.1. The highest BCUT2D eigenvalue weighted by molar-refractivity contribution is 6.40. The molecule has 25 heavy (non-hydrogen) atoms. The van der Waals surface area contributed by atoms with Crippen molar-refractivity contribution >= 4 is 34.8 Å². The van der Waals surface area contributed by atoms with Crippen LogP contribution in [0.2, 0.25) is 0 Å². The Hall–Kier alpha value is -1.07. The van der Waals surface area contributed by atoms with Gasteiger partial charge in [0.2, 0.25) is 5.91 Å². The molecular weight excluding hydrogens is 361 g/mol. The molecule has 3 aliphatic rings. The van der Waals surface area contributed by atoms with E-state index in [2.05, 4.69) is 0 Å². The minimum Gasteiger partial charge on any atom is -0.389 e. The first kappa shape index (κ1) is 18.7. The summed E-state index contributed by atoms with van der Waals surface area (Å²) in [5.74, 6) is -0.434. The van der Waals surface area contributed by atoms with Crippen LogP contribution < -0.4 is 4.90 Å². The van der Waals surface area contributed by atoms with E-state index >= 15 is 0 Å². The second kappa shape index (κ2) is 6.27. The number of anilines is 1. The number of benzene rings is 1. The third kappa shape index (κ3) is 2.46. The highest BCUT2D eigenvalue weighted by atomic mass is 35.5. The van der Waals surface area contributed by atoms with Crippen molar-refractivity contribution in [2.45, 2.75) is 37.9 Å². The Kier molecular flexibility index (Phi) is 4.70. The Balaban J connectivity index is 0.000000569. The van der Waals surface area contributed by atoms with Crippen LogP contribution in [0.15, 0.2) is 30.4 Å². The number of carbonyl (C=O) groups is 1. The van der Waals surface area contributed by atoms with Crippen LogP contribution in [0.25, 0.3) is 0 Å². The molecule has 1 aromatic rings. The summed E-state index contributed by atoms with van der Waals surface area (Å²) in [4.78, 5) is 14.6. The zero-order valence-electron chi connectivity index (χ0n) is 14.5. The molecule has 2 N–H and O–H groups in total. The molecule has 0 spiro atoms. The number of carbonyl (C=O) groups excluding carboxylic acids is 1. The van der Waals surface area contributed by atoms with Gasteiger partial charge in [-0.3, -0.25) is 4.79 Å². The van der Waals surface area contributed by atoms with Crippen molar-refractivity contribution in [3.8, 4) is 0 Å². The second-order valence-electron chi connectivity index (χ2n) is 7.51. The lowest BCUT2D eigenvalue weighted by atomic mass is 9.63. The van der Waals surface area contributed by atoms with E-state index in [-0.39, 0.29) is 23.1 Å². The van der Waals surface area contributed by atoms with Crippen molar-refractivity contribution < 1.29 is 15.0 Å². The highest BCUT2D eigenvalue weighted by Gasteiger charge is 2.59. The number of rotatable bonds is 0. The van der Waals surface area contributed by atoms with Crippen molar-refractivity contribution in [1.29, 1.82) is 0 Å². The molecule has 0 fully saturated rings. The Bertz CT molecular complexity index is 733. The van der Waals surface area contributed by atoms with Crippen LogP contribution in [0.5, 0.6) is 0 Å². The molecule has 4 atom stereocenters. The fourth-order valence-corrected chi connectivity index (χ4v) is 4.73. The van der Waals surface area contributed by atoms with Gasteiger partial charge in [-0.05, 0) is 41.0 Å².